The van der Waals surface area contributed by atoms with E-state index in [4.69, 9.17) is 5.73 Å². The molecule has 0 aliphatic carbocycles. The van der Waals surface area contributed by atoms with E-state index < -0.39 is 4.92 Å². The van der Waals surface area contributed by atoms with Crippen LogP contribution in [-0.4, -0.2) is 10.8 Å². The van der Waals surface area contributed by atoms with Crippen LogP contribution in [0.4, 0.5) is 17.1 Å². The smallest absolute Gasteiger partial charge is 0.271 e. The van der Waals surface area contributed by atoms with Gasteiger partial charge in [-0.25, -0.2) is 0 Å². The van der Waals surface area contributed by atoms with E-state index in [9.17, 15) is 14.9 Å². The van der Waals surface area contributed by atoms with E-state index in [1.807, 2.05) is 0 Å². The van der Waals surface area contributed by atoms with Gasteiger partial charge in [0.15, 0.2) is 0 Å². The van der Waals surface area contributed by atoms with Gasteiger partial charge in [-0.1, -0.05) is 0 Å². The fraction of sp³-hybridized carbons (Fsp3) is 0.125. The molecule has 0 spiro atoms. The lowest BCUT2D eigenvalue weighted by atomic mass is 10.2. The number of carbonyl (C=O) groups excluding carboxylic acids is 1. The van der Waals surface area contributed by atoms with Crippen molar-refractivity contribution in [3.63, 3.8) is 0 Å². The molecule has 1 rings (SSSR count). The van der Waals surface area contributed by atoms with Gasteiger partial charge in [0.05, 0.1) is 16.3 Å². The van der Waals surface area contributed by atoms with Crippen molar-refractivity contribution in [3.8, 4) is 0 Å². The van der Waals surface area contributed by atoms with Crippen LogP contribution in [-0.2, 0) is 4.79 Å². The van der Waals surface area contributed by atoms with E-state index in [1.165, 1.54) is 25.1 Å². The molecule has 1 aromatic rings. The number of hydrogen-bond acceptors (Lipinski definition) is 4. The van der Waals surface area contributed by atoms with Crippen LogP contribution in [0.25, 0.3) is 0 Å². The number of nitro benzene ring substituents is 1. The van der Waals surface area contributed by atoms with Crippen molar-refractivity contribution < 1.29 is 9.72 Å². The van der Waals surface area contributed by atoms with Gasteiger partial charge < -0.3 is 11.1 Å². The Balaban J connectivity index is 3.01. The number of benzene rings is 1. The van der Waals surface area contributed by atoms with Crippen molar-refractivity contribution in [1.82, 2.24) is 0 Å². The maximum Gasteiger partial charge on any atom is 0.271 e. The van der Waals surface area contributed by atoms with E-state index >= 15 is 0 Å². The second-order valence-electron chi connectivity index (χ2n) is 2.71. The van der Waals surface area contributed by atoms with Crippen LogP contribution in [0.5, 0.6) is 0 Å². The van der Waals surface area contributed by atoms with Crippen molar-refractivity contribution in [2.45, 2.75) is 6.92 Å². The summed E-state index contributed by atoms with van der Waals surface area (Å²) in [6, 6.07) is 3.88. The number of amides is 1. The minimum atomic E-state index is -0.548. The highest BCUT2D eigenvalue weighted by Crippen LogP contribution is 2.23. The van der Waals surface area contributed by atoms with E-state index in [-0.39, 0.29) is 17.3 Å². The average Bonchev–Trinajstić information content (AvgIpc) is 2.07. The predicted octanol–water partition coefficient (Wildman–Crippen LogP) is 1.14. The molecule has 1 amide bonds. The molecule has 0 unspecified atom stereocenters. The summed E-state index contributed by atoms with van der Waals surface area (Å²) < 4.78 is 0. The highest BCUT2D eigenvalue weighted by Gasteiger charge is 2.08. The van der Waals surface area contributed by atoms with Gasteiger partial charge in [0.2, 0.25) is 5.91 Å². The molecule has 0 fully saturated rings. The Kier molecular flexibility index (Phi) is 2.66. The first-order chi connectivity index (χ1) is 6.50. The summed E-state index contributed by atoms with van der Waals surface area (Å²) >= 11 is 0. The van der Waals surface area contributed by atoms with E-state index in [2.05, 4.69) is 5.32 Å². The number of rotatable bonds is 2. The third-order valence-corrected chi connectivity index (χ3v) is 1.56. The number of nitrogens with two attached hydrogens (primary N) is 1. The number of nitro groups is 1. The molecule has 0 bridgehead atoms. The Bertz CT molecular complexity index is 389. The van der Waals surface area contributed by atoms with Crippen LogP contribution in [0.2, 0.25) is 0 Å². The van der Waals surface area contributed by atoms with Crippen LogP contribution < -0.4 is 11.1 Å². The number of nitrogen functional groups attached to an aromatic ring is 1. The second-order valence-corrected chi connectivity index (χ2v) is 2.71. The lowest BCUT2D eigenvalue weighted by Gasteiger charge is -2.04. The zero-order valence-electron chi connectivity index (χ0n) is 7.48. The maximum atomic E-state index is 10.7. The van der Waals surface area contributed by atoms with Gasteiger partial charge in [0.1, 0.15) is 0 Å². The van der Waals surface area contributed by atoms with Crippen LogP contribution in [0.1, 0.15) is 6.92 Å². The molecule has 0 atom stereocenters. The molecule has 1 aromatic carbocycles. The van der Waals surface area contributed by atoms with E-state index in [0.29, 0.717) is 5.69 Å². The lowest BCUT2D eigenvalue weighted by molar-refractivity contribution is -0.384. The first-order valence-electron chi connectivity index (χ1n) is 3.82. The molecule has 74 valence electrons. The fourth-order valence-electron chi connectivity index (χ4n) is 0.967. The largest absolute Gasteiger partial charge is 0.397 e. The Morgan fingerprint density at radius 3 is 2.64 bits per heavy atom. The molecule has 0 aromatic heterocycles. The van der Waals surface area contributed by atoms with Gasteiger partial charge in [0, 0.05) is 19.1 Å². The lowest BCUT2D eigenvalue weighted by Crippen LogP contribution is -2.08. The molecule has 0 radical (unpaired) electrons. The molecular formula is C8H9N3O3. The highest BCUT2D eigenvalue weighted by atomic mass is 16.6. The Morgan fingerprint density at radius 1 is 1.57 bits per heavy atom. The maximum absolute atomic E-state index is 10.7. The summed E-state index contributed by atoms with van der Waals surface area (Å²) in [5, 5.41) is 12.8. The van der Waals surface area contributed by atoms with Gasteiger partial charge in [-0.05, 0) is 6.07 Å². The molecule has 6 nitrogen and oxygen atoms in total. The number of carbonyl (C=O) groups is 1. The molecule has 0 aliphatic heterocycles. The van der Waals surface area contributed by atoms with Crippen LogP contribution in [0.3, 0.4) is 0 Å². The standard InChI is InChI=1S/C8H9N3O3/c1-5(12)10-8-3-2-6(11(13)14)4-7(8)9/h2-4H,9H2,1H3,(H,10,12). The summed E-state index contributed by atoms with van der Waals surface area (Å²) in [4.78, 5) is 20.5. The first kappa shape index (κ1) is 9.97. The van der Waals surface area contributed by atoms with E-state index in [1.54, 1.807) is 0 Å². The summed E-state index contributed by atoms with van der Waals surface area (Å²) in [6.07, 6.45) is 0. The fourth-order valence-corrected chi connectivity index (χ4v) is 0.967. The SMILES string of the molecule is CC(=O)Nc1ccc([N+](=O)[O-])cc1N. The third-order valence-electron chi connectivity index (χ3n) is 1.56. The first-order valence-corrected chi connectivity index (χ1v) is 3.82. The predicted molar refractivity (Wildman–Crippen MR) is 51.8 cm³/mol. The topological polar surface area (TPSA) is 98.3 Å². The van der Waals surface area contributed by atoms with Gasteiger partial charge in [-0.3, -0.25) is 14.9 Å². The molecule has 6 heteroatoms. The van der Waals surface area contributed by atoms with Crippen LogP contribution in [0.15, 0.2) is 18.2 Å². The number of non-ortho nitro benzene ring substituents is 1. The Hall–Kier alpha value is -2.11. The molecular weight excluding hydrogens is 186 g/mol. The quantitative estimate of drug-likeness (QED) is 0.420. The molecule has 0 saturated heterocycles. The van der Waals surface area contributed by atoms with Gasteiger partial charge >= 0.3 is 0 Å². The minimum absolute atomic E-state index is 0.100. The zero-order valence-corrected chi connectivity index (χ0v) is 7.48. The van der Waals surface area contributed by atoms with Crippen molar-refractivity contribution >= 4 is 23.0 Å². The van der Waals surface area contributed by atoms with Gasteiger partial charge in [0.25, 0.3) is 5.69 Å². The van der Waals surface area contributed by atoms with Crippen molar-refractivity contribution in [1.29, 1.82) is 0 Å². The molecule has 3 N–H and O–H groups in total. The summed E-state index contributed by atoms with van der Waals surface area (Å²) in [6.45, 7) is 1.33. The van der Waals surface area contributed by atoms with Crippen LogP contribution >= 0.6 is 0 Å². The van der Waals surface area contributed by atoms with Gasteiger partial charge in [-0.15, -0.1) is 0 Å². The van der Waals surface area contributed by atoms with Crippen LogP contribution in [0, 0.1) is 10.1 Å². The highest BCUT2D eigenvalue weighted by molar-refractivity contribution is 5.92. The number of nitrogens with zero attached hydrogens (tertiary/aromatic N) is 1. The number of hydrogen-bond donors (Lipinski definition) is 2. The van der Waals surface area contributed by atoms with Crippen molar-refractivity contribution in [2.24, 2.45) is 0 Å². The van der Waals surface area contributed by atoms with Crippen molar-refractivity contribution in [3.05, 3.63) is 28.3 Å². The minimum Gasteiger partial charge on any atom is -0.397 e. The number of nitrogens with one attached hydrogen (secondary N) is 1. The molecule has 0 aliphatic rings. The zero-order chi connectivity index (χ0) is 10.7. The monoisotopic (exact) mass is 195 g/mol. The Labute approximate surface area is 79.9 Å². The van der Waals surface area contributed by atoms with Crippen molar-refractivity contribution in [2.75, 3.05) is 11.1 Å². The second kappa shape index (κ2) is 3.73. The van der Waals surface area contributed by atoms with E-state index in [0.717, 1.165) is 0 Å². The van der Waals surface area contributed by atoms with Gasteiger partial charge in [-0.2, -0.15) is 0 Å². The Morgan fingerprint density at radius 2 is 2.21 bits per heavy atom. The average molecular weight is 195 g/mol. The molecule has 0 saturated carbocycles. The molecule has 14 heavy (non-hydrogen) atoms. The normalized spacial score (nSPS) is 9.50. The summed E-state index contributed by atoms with van der Waals surface area (Å²) in [5.74, 6) is -0.273. The molecule has 0 heterocycles. The summed E-state index contributed by atoms with van der Waals surface area (Å²) in [5.41, 5.74) is 5.94. The summed E-state index contributed by atoms with van der Waals surface area (Å²) in [7, 11) is 0. The number of anilines is 2. The third kappa shape index (κ3) is 2.19.